The van der Waals surface area contributed by atoms with E-state index in [-0.39, 0.29) is 0 Å². The number of likely N-dealkylation sites (tertiary alicyclic amines) is 1. The lowest BCUT2D eigenvalue weighted by molar-refractivity contribution is 0.226. The summed E-state index contributed by atoms with van der Waals surface area (Å²) in [6.07, 6.45) is 5.51. The molecule has 112 valence electrons. The van der Waals surface area contributed by atoms with Gasteiger partial charge in [-0.25, -0.2) is 4.98 Å². The van der Waals surface area contributed by atoms with Crippen molar-refractivity contribution in [1.82, 2.24) is 14.9 Å². The molecule has 1 aromatic rings. The van der Waals surface area contributed by atoms with Crippen molar-refractivity contribution < 1.29 is 0 Å². The Balaban J connectivity index is 1.87. The van der Waals surface area contributed by atoms with Crippen LogP contribution in [-0.2, 0) is 0 Å². The average molecular weight is 277 g/mol. The van der Waals surface area contributed by atoms with E-state index in [9.17, 15) is 0 Å². The molecule has 2 heterocycles. The quantitative estimate of drug-likeness (QED) is 0.836. The highest BCUT2D eigenvalue weighted by atomic mass is 15.1. The molecule has 0 atom stereocenters. The molecular weight excluding hydrogens is 250 g/mol. The molecule has 0 spiro atoms. The van der Waals surface area contributed by atoms with Crippen molar-refractivity contribution in [3.63, 3.8) is 0 Å². The van der Waals surface area contributed by atoms with Gasteiger partial charge in [0.25, 0.3) is 0 Å². The first-order valence-electron chi connectivity index (χ1n) is 7.69. The van der Waals surface area contributed by atoms with E-state index in [4.69, 9.17) is 0 Å². The summed E-state index contributed by atoms with van der Waals surface area (Å²) in [6, 6.07) is 0. The largest absolute Gasteiger partial charge is 0.369 e. The van der Waals surface area contributed by atoms with Crippen LogP contribution in [0, 0.1) is 12.8 Å². The van der Waals surface area contributed by atoms with Gasteiger partial charge in [0.1, 0.15) is 5.82 Å². The Labute approximate surface area is 122 Å². The summed E-state index contributed by atoms with van der Waals surface area (Å²) < 4.78 is 0. The van der Waals surface area contributed by atoms with Gasteiger partial charge >= 0.3 is 0 Å². The number of nitrogens with one attached hydrogen (secondary N) is 2. The van der Waals surface area contributed by atoms with Crippen LogP contribution in [0.3, 0.4) is 0 Å². The Bertz CT molecular complexity index is 413. The Morgan fingerprint density at radius 2 is 2.05 bits per heavy atom. The second-order valence-electron chi connectivity index (χ2n) is 5.78. The van der Waals surface area contributed by atoms with Crippen molar-refractivity contribution in [2.24, 2.45) is 5.92 Å². The Kier molecular flexibility index (Phi) is 5.59. The van der Waals surface area contributed by atoms with Crippen molar-refractivity contribution in [1.29, 1.82) is 0 Å². The lowest BCUT2D eigenvalue weighted by atomic mass is 9.97. The van der Waals surface area contributed by atoms with Crippen LogP contribution in [0.1, 0.15) is 31.7 Å². The van der Waals surface area contributed by atoms with Crippen LogP contribution < -0.4 is 10.6 Å². The molecular formula is C15H27N5. The predicted octanol–water partition coefficient (Wildman–Crippen LogP) is 2.36. The van der Waals surface area contributed by atoms with Gasteiger partial charge in [0.2, 0.25) is 5.95 Å². The number of hydrogen-bond acceptors (Lipinski definition) is 5. The zero-order valence-electron chi connectivity index (χ0n) is 12.9. The van der Waals surface area contributed by atoms with Crippen LogP contribution in [0.15, 0.2) is 6.20 Å². The Morgan fingerprint density at radius 1 is 1.30 bits per heavy atom. The molecule has 20 heavy (non-hydrogen) atoms. The Morgan fingerprint density at radius 3 is 2.75 bits per heavy atom. The summed E-state index contributed by atoms with van der Waals surface area (Å²) in [5.74, 6) is 2.45. The standard InChI is InChI=1S/C15H27N5/c1-4-7-16-15-18-10-12(2)14(19-15)17-11-13-5-8-20(3)9-6-13/h10,13H,4-9,11H2,1-3H3,(H2,16,17,18,19). The lowest BCUT2D eigenvalue weighted by Gasteiger charge is -2.29. The zero-order valence-corrected chi connectivity index (χ0v) is 12.9. The highest BCUT2D eigenvalue weighted by Crippen LogP contribution is 2.18. The number of hydrogen-bond donors (Lipinski definition) is 2. The molecule has 0 bridgehead atoms. The zero-order chi connectivity index (χ0) is 14.4. The minimum atomic E-state index is 0.725. The van der Waals surface area contributed by atoms with Crippen molar-refractivity contribution in [3.05, 3.63) is 11.8 Å². The maximum Gasteiger partial charge on any atom is 0.224 e. The number of piperidine rings is 1. The number of rotatable bonds is 6. The predicted molar refractivity (Wildman–Crippen MR) is 84.3 cm³/mol. The summed E-state index contributed by atoms with van der Waals surface area (Å²) >= 11 is 0. The SMILES string of the molecule is CCCNc1ncc(C)c(NCC2CCN(C)CC2)n1. The second-order valence-corrected chi connectivity index (χ2v) is 5.78. The van der Waals surface area contributed by atoms with Crippen LogP contribution in [0.25, 0.3) is 0 Å². The van der Waals surface area contributed by atoms with Gasteiger partial charge in [-0.15, -0.1) is 0 Å². The molecule has 5 heteroatoms. The fourth-order valence-electron chi connectivity index (χ4n) is 2.45. The number of aryl methyl sites for hydroxylation is 1. The summed E-state index contributed by atoms with van der Waals surface area (Å²) in [5.41, 5.74) is 1.11. The smallest absolute Gasteiger partial charge is 0.224 e. The molecule has 1 saturated heterocycles. The average Bonchev–Trinajstić information content (AvgIpc) is 2.46. The van der Waals surface area contributed by atoms with Gasteiger partial charge in [0.05, 0.1) is 0 Å². The topological polar surface area (TPSA) is 53.1 Å². The molecule has 1 aliphatic heterocycles. The third kappa shape index (κ3) is 4.34. The molecule has 0 aromatic carbocycles. The van der Waals surface area contributed by atoms with Crippen LogP contribution >= 0.6 is 0 Å². The molecule has 1 aliphatic rings. The van der Waals surface area contributed by atoms with Crippen molar-refractivity contribution in [2.75, 3.05) is 43.9 Å². The molecule has 0 radical (unpaired) electrons. The maximum atomic E-state index is 4.57. The highest BCUT2D eigenvalue weighted by molar-refractivity contribution is 5.46. The summed E-state index contributed by atoms with van der Waals surface area (Å²) in [5, 5.41) is 6.74. The fraction of sp³-hybridized carbons (Fsp3) is 0.733. The number of aromatic nitrogens is 2. The van der Waals surface area contributed by atoms with Crippen LogP contribution in [-0.4, -0.2) is 48.1 Å². The van der Waals surface area contributed by atoms with E-state index in [1.807, 2.05) is 6.20 Å². The van der Waals surface area contributed by atoms with Crippen molar-refractivity contribution in [3.8, 4) is 0 Å². The van der Waals surface area contributed by atoms with Gasteiger partial charge in [-0.05, 0) is 52.2 Å². The normalized spacial score (nSPS) is 17.1. The molecule has 0 saturated carbocycles. The first-order valence-corrected chi connectivity index (χ1v) is 7.69. The summed E-state index contributed by atoms with van der Waals surface area (Å²) in [4.78, 5) is 11.3. The van der Waals surface area contributed by atoms with Crippen molar-refractivity contribution in [2.45, 2.75) is 33.1 Å². The van der Waals surface area contributed by atoms with E-state index >= 15 is 0 Å². The Hall–Kier alpha value is -1.36. The molecule has 2 rings (SSSR count). The van der Waals surface area contributed by atoms with E-state index in [0.717, 1.165) is 42.8 Å². The van der Waals surface area contributed by atoms with Gasteiger partial charge in [-0.1, -0.05) is 6.92 Å². The molecule has 0 aliphatic carbocycles. The minimum Gasteiger partial charge on any atom is -0.369 e. The monoisotopic (exact) mass is 277 g/mol. The third-order valence-electron chi connectivity index (χ3n) is 3.90. The summed E-state index contributed by atoms with van der Waals surface area (Å²) in [6.45, 7) is 8.54. The third-order valence-corrected chi connectivity index (χ3v) is 3.90. The van der Waals surface area contributed by atoms with E-state index in [0.29, 0.717) is 0 Å². The lowest BCUT2D eigenvalue weighted by Crippen LogP contribution is -2.33. The second kappa shape index (κ2) is 7.43. The van der Waals surface area contributed by atoms with Gasteiger partial charge < -0.3 is 15.5 Å². The minimum absolute atomic E-state index is 0.725. The molecule has 5 nitrogen and oxygen atoms in total. The molecule has 1 fully saturated rings. The van der Waals surface area contributed by atoms with Crippen LogP contribution in [0.5, 0.6) is 0 Å². The van der Waals surface area contributed by atoms with E-state index in [1.165, 1.54) is 25.9 Å². The van der Waals surface area contributed by atoms with Gasteiger partial charge in [-0.3, -0.25) is 0 Å². The van der Waals surface area contributed by atoms with Crippen LogP contribution in [0.2, 0.25) is 0 Å². The van der Waals surface area contributed by atoms with Crippen LogP contribution in [0.4, 0.5) is 11.8 Å². The van der Waals surface area contributed by atoms with E-state index in [1.54, 1.807) is 0 Å². The number of nitrogens with zero attached hydrogens (tertiary/aromatic N) is 3. The molecule has 2 N–H and O–H groups in total. The highest BCUT2D eigenvalue weighted by Gasteiger charge is 2.16. The van der Waals surface area contributed by atoms with Gasteiger partial charge in [0, 0.05) is 24.8 Å². The van der Waals surface area contributed by atoms with E-state index < -0.39 is 0 Å². The molecule has 0 unspecified atom stereocenters. The van der Waals surface area contributed by atoms with Gasteiger partial charge in [-0.2, -0.15) is 4.98 Å². The first kappa shape index (κ1) is 15.0. The van der Waals surface area contributed by atoms with Crippen molar-refractivity contribution >= 4 is 11.8 Å². The first-order chi connectivity index (χ1) is 9.69. The van der Waals surface area contributed by atoms with E-state index in [2.05, 4.69) is 46.4 Å². The fourth-order valence-corrected chi connectivity index (χ4v) is 2.45. The molecule has 1 aromatic heterocycles. The molecule has 0 amide bonds. The van der Waals surface area contributed by atoms with Gasteiger partial charge in [0.15, 0.2) is 0 Å². The maximum absolute atomic E-state index is 4.57. The number of anilines is 2. The summed E-state index contributed by atoms with van der Waals surface area (Å²) in [7, 11) is 2.20.